The van der Waals surface area contributed by atoms with Crippen LogP contribution in [0.5, 0.6) is 0 Å². The maximum absolute atomic E-state index is 4.88. The van der Waals surface area contributed by atoms with Crippen LogP contribution < -0.4 is 10.8 Å². The molecule has 1 aromatic rings. The Hall–Kier alpha value is -1.22. The molecule has 13 heavy (non-hydrogen) atoms. The molecule has 1 aliphatic carbocycles. The minimum absolute atomic E-state index is 0.666. The third kappa shape index (κ3) is 2.12. The van der Waals surface area contributed by atoms with Gasteiger partial charge in [0.25, 0.3) is 0 Å². The summed E-state index contributed by atoms with van der Waals surface area (Å²) in [6.07, 6.45) is 2.56. The lowest BCUT2D eigenvalue weighted by Gasteiger charge is -2.11. The molecule has 0 aromatic heterocycles. The van der Waals surface area contributed by atoms with E-state index in [9.17, 15) is 0 Å². The molecule has 0 amide bonds. The number of hydrogen-bond acceptors (Lipinski definition) is 3. The molecule has 0 unspecified atom stereocenters. The third-order valence-corrected chi connectivity index (χ3v) is 2.08. The van der Waals surface area contributed by atoms with Gasteiger partial charge in [0.05, 0.1) is 18.5 Å². The van der Waals surface area contributed by atoms with Gasteiger partial charge in [-0.2, -0.15) is 0 Å². The highest BCUT2D eigenvalue weighted by Crippen LogP contribution is 2.28. The molecular weight excluding hydrogens is 164 g/mol. The van der Waals surface area contributed by atoms with Crippen molar-refractivity contribution in [2.75, 3.05) is 17.9 Å². The maximum Gasteiger partial charge on any atom is 0.0835 e. The summed E-state index contributed by atoms with van der Waals surface area (Å²) in [5.41, 5.74) is 4.96. The predicted octanol–water partition coefficient (Wildman–Crippen LogP) is 2.23. The molecule has 70 valence electrons. The van der Waals surface area contributed by atoms with E-state index in [1.165, 1.54) is 12.8 Å². The van der Waals surface area contributed by atoms with Crippen LogP contribution in [0.2, 0.25) is 0 Å². The number of hydrogen-bond donors (Lipinski definition) is 2. The number of benzene rings is 1. The first-order chi connectivity index (χ1) is 6.40. The zero-order valence-electron chi connectivity index (χ0n) is 7.71. The Morgan fingerprint density at radius 3 is 2.54 bits per heavy atom. The minimum Gasteiger partial charge on any atom is -0.381 e. The van der Waals surface area contributed by atoms with Crippen molar-refractivity contribution in [3.8, 4) is 0 Å². The predicted molar refractivity (Wildman–Crippen MR) is 53.7 cm³/mol. The third-order valence-electron chi connectivity index (χ3n) is 2.08. The molecule has 0 aliphatic heterocycles. The van der Waals surface area contributed by atoms with Crippen LogP contribution in [0.1, 0.15) is 12.8 Å². The van der Waals surface area contributed by atoms with Gasteiger partial charge in [0.15, 0.2) is 0 Å². The van der Waals surface area contributed by atoms with Gasteiger partial charge in [-0.1, -0.05) is 12.1 Å². The number of anilines is 2. The molecule has 0 heterocycles. The van der Waals surface area contributed by atoms with Crippen molar-refractivity contribution in [2.45, 2.75) is 18.9 Å². The first-order valence-electron chi connectivity index (χ1n) is 4.54. The van der Waals surface area contributed by atoms with E-state index in [1.54, 1.807) is 7.11 Å². The fraction of sp³-hybridized carbons (Fsp3) is 0.400. The van der Waals surface area contributed by atoms with Crippen LogP contribution in [0.15, 0.2) is 24.3 Å². The molecule has 3 nitrogen and oxygen atoms in total. The number of para-hydroxylation sites is 2. The Morgan fingerprint density at radius 2 is 1.92 bits per heavy atom. The van der Waals surface area contributed by atoms with Gasteiger partial charge in [-0.25, -0.2) is 0 Å². The summed E-state index contributed by atoms with van der Waals surface area (Å²) in [4.78, 5) is 4.88. The second-order valence-corrected chi connectivity index (χ2v) is 3.27. The maximum atomic E-state index is 4.88. The summed E-state index contributed by atoms with van der Waals surface area (Å²) in [6, 6.07) is 8.72. The molecule has 1 aliphatic rings. The van der Waals surface area contributed by atoms with Gasteiger partial charge in [0, 0.05) is 6.04 Å². The lowest BCUT2D eigenvalue weighted by Crippen LogP contribution is -2.05. The molecule has 0 spiro atoms. The number of nitrogens with one attached hydrogen (secondary N) is 2. The Labute approximate surface area is 78.1 Å². The highest BCUT2D eigenvalue weighted by atomic mass is 16.6. The Balaban J connectivity index is 2.10. The molecule has 1 saturated carbocycles. The highest BCUT2D eigenvalue weighted by Gasteiger charge is 2.21. The standard InChI is InChI=1S/C10H14N2O/c1-13-12-10-5-3-2-4-9(10)11-8-6-7-8/h2-5,8,11-12H,6-7H2,1H3. The van der Waals surface area contributed by atoms with Crippen molar-refractivity contribution in [2.24, 2.45) is 0 Å². The zero-order chi connectivity index (χ0) is 9.10. The van der Waals surface area contributed by atoms with Crippen LogP contribution in [0.4, 0.5) is 11.4 Å². The molecule has 0 radical (unpaired) electrons. The van der Waals surface area contributed by atoms with Crippen LogP contribution in [-0.2, 0) is 4.84 Å². The molecule has 0 bridgehead atoms. The average Bonchev–Trinajstić information content (AvgIpc) is 2.93. The van der Waals surface area contributed by atoms with Gasteiger partial charge in [0.2, 0.25) is 0 Å². The van der Waals surface area contributed by atoms with Gasteiger partial charge in [0.1, 0.15) is 0 Å². The average molecular weight is 178 g/mol. The quantitative estimate of drug-likeness (QED) is 0.694. The van der Waals surface area contributed by atoms with E-state index in [1.807, 2.05) is 18.2 Å². The first kappa shape index (κ1) is 8.38. The molecular formula is C10H14N2O. The van der Waals surface area contributed by atoms with Crippen molar-refractivity contribution in [3.63, 3.8) is 0 Å². The van der Waals surface area contributed by atoms with Crippen molar-refractivity contribution >= 4 is 11.4 Å². The van der Waals surface area contributed by atoms with Crippen molar-refractivity contribution in [1.29, 1.82) is 0 Å². The second-order valence-electron chi connectivity index (χ2n) is 3.27. The van der Waals surface area contributed by atoms with Crippen LogP contribution in [0.25, 0.3) is 0 Å². The summed E-state index contributed by atoms with van der Waals surface area (Å²) >= 11 is 0. The molecule has 1 fully saturated rings. The normalized spacial score (nSPS) is 15.5. The minimum atomic E-state index is 0.666. The Bertz CT molecular complexity index is 284. The van der Waals surface area contributed by atoms with Crippen LogP contribution in [-0.4, -0.2) is 13.2 Å². The van der Waals surface area contributed by atoms with E-state index in [-0.39, 0.29) is 0 Å². The smallest absolute Gasteiger partial charge is 0.0835 e. The molecule has 2 N–H and O–H groups in total. The lowest BCUT2D eigenvalue weighted by atomic mass is 10.2. The van der Waals surface area contributed by atoms with E-state index in [0.29, 0.717) is 6.04 Å². The lowest BCUT2D eigenvalue weighted by molar-refractivity contribution is 0.271. The molecule has 0 atom stereocenters. The summed E-state index contributed by atoms with van der Waals surface area (Å²) in [5, 5.41) is 3.43. The molecule has 2 rings (SSSR count). The van der Waals surface area contributed by atoms with Gasteiger partial charge < -0.3 is 5.32 Å². The van der Waals surface area contributed by atoms with Crippen molar-refractivity contribution in [1.82, 2.24) is 0 Å². The highest BCUT2D eigenvalue weighted by molar-refractivity contribution is 5.68. The van der Waals surface area contributed by atoms with Crippen LogP contribution in [0.3, 0.4) is 0 Å². The Morgan fingerprint density at radius 1 is 1.23 bits per heavy atom. The van der Waals surface area contributed by atoms with E-state index in [2.05, 4.69) is 16.9 Å². The summed E-state index contributed by atoms with van der Waals surface area (Å²) in [5.74, 6) is 0. The fourth-order valence-corrected chi connectivity index (χ4v) is 1.26. The van der Waals surface area contributed by atoms with E-state index in [4.69, 9.17) is 4.84 Å². The Kier molecular flexibility index (Phi) is 2.36. The monoisotopic (exact) mass is 178 g/mol. The second kappa shape index (κ2) is 3.66. The van der Waals surface area contributed by atoms with Crippen LogP contribution >= 0.6 is 0 Å². The SMILES string of the molecule is CONc1ccccc1NC1CC1. The number of rotatable bonds is 4. The van der Waals surface area contributed by atoms with Gasteiger partial charge in [-0.05, 0) is 25.0 Å². The largest absolute Gasteiger partial charge is 0.381 e. The summed E-state index contributed by atoms with van der Waals surface area (Å²) in [7, 11) is 1.62. The molecule has 0 saturated heterocycles. The van der Waals surface area contributed by atoms with Crippen LogP contribution in [0, 0.1) is 0 Å². The fourth-order valence-electron chi connectivity index (χ4n) is 1.26. The molecule has 1 aromatic carbocycles. The van der Waals surface area contributed by atoms with Crippen molar-refractivity contribution in [3.05, 3.63) is 24.3 Å². The van der Waals surface area contributed by atoms with E-state index < -0.39 is 0 Å². The van der Waals surface area contributed by atoms with E-state index >= 15 is 0 Å². The molecule has 3 heteroatoms. The van der Waals surface area contributed by atoms with Gasteiger partial charge in [-0.3, -0.25) is 10.3 Å². The van der Waals surface area contributed by atoms with E-state index in [0.717, 1.165) is 11.4 Å². The summed E-state index contributed by atoms with van der Waals surface area (Å²) < 4.78 is 0. The van der Waals surface area contributed by atoms with Crippen molar-refractivity contribution < 1.29 is 4.84 Å². The zero-order valence-corrected chi connectivity index (χ0v) is 7.71. The first-order valence-corrected chi connectivity index (χ1v) is 4.54. The van der Waals surface area contributed by atoms with Gasteiger partial charge >= 0.3 is 0 Å². The van der Waals surface area contributed by atoms with Gasteiger partial charge in [-0.15, -0.1) is 0 Å². The summed E-state index contributed by atoms with van der Waals surface area (Å²) in [6.45, 7) is 0. The topological polar surface area (TPSA) is 33.3 Å².